The van der Waals surface area contributed by atoms with Crippen LogP contribution in [0.4, 0.5) is 0 Å². The summed E-state index contributed by atoms with van der Waals surface area (Å²) < 4.78 is 0. The Morgan fingerprint density at radius 1 is 1.50 bits per heavy atom. The van der Waals surface area contributed by atoms with E-state index < -0.39 is 0 Å². The third-order valence-electron chi connectivity index (χ3n) is 3.59. The van der Waals surface area contributed by atoms with Gasteiger partial charge in [-0.15, -0.1) is 11.3 Å². The lowest BCUT2D eigenvalue weighted by atomic mass is 9.98. The molecule has 18 heavy (non-hydrogen) atoms. The number of piperidine rings is 1. The fourth-order valence-electron chi connectivity index (χ4n) is 2.69. The van der Waals surface area contributed by atoms with Crippen LogP contribution >= 0.6 is 11.3 Å². The minimum absolute atomic E-state index is 0.363. The minimum atomic E-state index is 0.363. The molecule has 1 fully saturated rings. The van der Waals surface area contributed by atoms with Crippen LogP contribution in [0.2, 0.25) is 0 Å². The maximum atomic E-state index is 4.55. The number of nitrogens with zero attached hydrogens (tertiary/aromatic N) is 1. The summed E-state index contributed by atoms with van der Waals surface area (Å²) in [6.07, 6.45) is 5.27. The van der Waals surface area contributed by atoms with Crippen molar-refractivity contribution in [3.63, 3.8) is 0 Å². The summed E-state index contributed by atoms with van der Waals surface area (Å²) in [5.74, 6) is 0. The van der Waals surface area contributed by atoms with Crippen LogP contribution in [0, 0.1) is 6.92 Å². The van der Waals surface area contributed by atoms with Gasteiger partial charge in [0.25, 0.3) is 0 Å². The van der Waals surface area contributed by atoms with Crippen molar-refractivity contribution in [1.29, 1.82) is 0 Å². The zero-order valence-electron chi connectivity index (χ0n) is 11.7. The van der Waals surface area contributed by atoms with E-state index in [1.165, 1.54) is 37.2 Å². The molecule has 1 aromatic heterocycles. The van der Waals surface area contributed by atoms with Crippen LogP contribution in [0.1, 0.15) is 56.3 Å². The van der Waals surface area contributed by atoms with E-state index in [1.807, 2.05) is 0 Å². The monoisotopic (exact) mass is 267 g/mol. The molecule has 3 unspecified atom stereocenters. The molecule has 4 heteroatoms. The molecule has 0 spiro atoms. The number of hydrogen-bond acceptors (Lipinski definition) is 4. The van der Waals surface area contributed by atoms with Gasteiger partial charge in [-0.1, -0.05) is 6.42 Å². The molecule has 3 atom stereocenters. The third kappa shape index (κ3) is 4.04. The van der Waals surface area contributed by atoms with Gasteiger partial charge in [0, 0.05) is 23.2 Å². The van der Waals surface area contributed by atoms with E-state index in [9.17, 15) is 0 Å². The maximum absolute atomic E-state index is 4.55. The van der Waals surface area contributed by atoms with Crippen LogP contribution in [0.5, 0.6) is 0 Å². The summed E-state index contributed by atoms with van der Waals surface area (Å²) in [7, 11) is 0. The Morgan fingerprint density at radius 2 is 2.33 bits per heavy atom. The first-order valence-corrected chi connectivity index (χ1v) is 7.94. The molecule has 1 aliphatic heterocycles. The molecule has 0 saturated carbocycles. The highest BCUT2D eigenvalue weighted by Crippen LogP contribution is 2.19. The molecule has 0 aliphatic carbocycles. The lowest BCUT2D eigenvalue weighted by Crippen LogP contribution is -2.40. The normalized spacial score (nSPS) is 23.8. The first-order chi connectivity index (χ1) is 8.65. The summed E-state index contributed by atoms with van der Waals surface area (Å²) in [5.41, 5.74) is 1.13. The Morgan fingerprint density at radius 3 is 2.94 bits per heavy atom. The van der Waals surface area contributed by atoms with Gasteiger partial charge in [-0.25, -0.2) is 4.98 Å². The van der Waals surface area contributed by atoms with E-state index in [2.05, 4.69) is 41.8 Å². The highest BCUT2D eigenvalue weighted by Gasteiger charge is 2.18. The number of thiazole rings is 1. The predicted octanol–water partition coefficient (Wildman–Crippen LogP) is 3.02. The van der Waals surface area contributed by atoms with Crippen LogP contribution in [0.25, 0.3) is 0 Å². The Bertz CT molecular complexity index is 358. The average Bonchev–Trinajstić information content (AvgIpc) is 2.77. The topological polar surface area (TPSA) is 37.0 Å². The molecule has 2 N–H and O–H groups in total. The molecule has 1 saturated heterocycles. The number of rotatable bonds is 5. The second kappa shape index (κ2) is 6.64. The lowest BCUT2D eigenvalue weighted by molar-refractivity contribution is 0.334. The fourth-order valence-corrected chi connectivity index (χ4v) is 3.50. The highest BCUT2D eigenvalue weighted by molar-refractivity contribution is 7.09. The lowest BCUT2D eigenvalue weighted by Gasteiger charge is -2.27. The van der Waals surface area contributed by atoms with Crippen molar-refractivity contribution >= 4 is 11.3 Å². The summed E-state index contributed by atoms with van der Waals surface area (Å²) in [6, 6.07) is 1.61. The fraction of sp³-hybridized carbons (Fsp3) is 0.786. The molecule has 2 heterocycles. The number of hydrogen-bond donors (Lipinski definition) is 2. The minimum Gasteiger partial charge on any atom is -0.314 e. The van der Waals surface area contributed by atoms with Gasteiger partial charge >= 0.3 is 0 Å². The molecule has 1 aliphatic rings. The van der Waals surface area contributed by atoms with Gasteiger partial charge in [-0.2, -0.15) is 0 Å². The Balaban J connectivity index is 1.77. The van der Waals surface area contributed by atoms with Crippen molar-refractivity contribution < 1.29 is 0 Å². The number of nitrogens with one attached hydrogen (secondary N) is 2. The first-order valence-electron chi connectivity index (χ1n) is 7.06. The zero-order chi connectivity index (χ0) is 13.0. The van der Waals surface area contributed by atoms with Crippen LogP contribution in [0.3, 0.4) is 0 Å². The van der Waals surface area contributed by atoms with E-state index in [0.29, 0.717) is 18.1 Å². The van der Waals surface area contributed by atoms with Crippen LogP contribution < -0.4 is 10.6 Å². The second-order valence-electron chi connectivity index (χ2n) is 5.50. The van der Waals surface area contributed by atoms with Crippen molar-refractivity contribution in [3.05, 3.63) is 16.1 Å². The van der Waals surface area contributed by atoms with E-state index in [0.717, 1.165) is 5.69 Å². The third-order valence-corrected chi connectivity index (χ3v) is 4.74. The second-order valence-corrected chi connectivity index (χ2v) is 6.39. The zero-order valence-corrected chi connectivity index (χ0v) is 12.5. The molecular weight excluding hydrogens is 242 g/mol. The van der Waals surface area contributed by atoms with E-state index in [-0.39, 0.29) is 0 Å². The Hall–Kier alpha value is -0.450. The maximum Gasteiger partial charge on any atom is 0.110 e. The van der Waals surface area contributed by atoms with Gasteiger partial charge in [-0.05, 0) is 46.6 Å². The summed E-state index contributed by atoms with van der Waals surface area (Å²) in [4.78, 5) is 4.55. The molecular formula is C14H25N3S. The number of aromatic nitrogens is 1. The highest BCUT2D eigenvalue weighted by atomic mass is 32.1. The van der Waals surface area contributed by atoms with Crippen LogP contribution in [-0.4, -0.2) is 23.6 Å². The van der Waals surface area contributed by atoms with Crippen molar-refractivity contribution in [2.45, 2.75) is 64.6 Å². The van der Waals surface area contributed by atoms with Gasteiger partial charge in [0.1, 0.15) is 5.01 Å². The van der Waals surface area contributed by atoms with Crippen LogP contribution in [-0.2, 0) is 0 Å². The van der Waals surface area contributed by atoms with Crippen molar-refractivity contribution in [2.75, 3.05) is 6.54 Å². The van der Waals surface area contributed by atoms with E-state index in [1.54, 1.807) is 11.3 Å². The number of aryl methyl sites for hydroxylation is 1. The van der Waals surface area contributed by atoms with Gasteiger partial charge in [0.05, 0.1) is 6.04 Å². The predicted molar refractivity (Wildman–Crippen MR) is 78.1 cm³/mol. The molecule has 3 nitrogen and oxygen atoms in total. The van der Waals surface area contributed by atoms with E-state index in [4.69, 9.17) is 0 Å². The molecule has 102 valence electrons. The molecule has 2 rings (SSSR count). The molecule has 1 aromatic rings. The van der Waals surface area contributed by atoms with E-state index >= 15 is 0 Å². The van der Waals surface area contributed by atoms with Crippen molar-refractivity contribution in [3.8, 4) is 0 Å². The Kier molecular flexibility index (Phi) is 5.15. The van der Waals surface area contributed by atoms with Crippen molar-refractivity contribution in [1.82, 2.24) is 15.6 Å². The first kappa shape index (κ1) is 14.0. The molecule has 0 amide bonds. The van der Waals surface area contributed by atoms with Crippen molar-refractivity contribution in [2.24, 2.45) is 0 Å². The average molecular weight is 267 g/mol. The molecule has 0 bridgehead atoms. The quantitative estimate of drug-likeness (QED) is 0.861. The van der Waals surface area contributed by atoms with Gasteiger partial charge < -0.3 is 10.6 Å². The standard InChI is InChI=1S/C14H25N3S/c1-10(8-13-6-4-5-7-15-13)16-12(3)14-17-11(2)9-18-14/h9-10,12-13,15-16H,4-8H2,1-3H3. The molecule has 0 aromatic carbocycles. The van der Waals surface area contributed by atoms with Crippen LogP contribution in [0.15, 0.2) is 5.38 Å². The Labute approximate surface area is 114 Å². The largest absolute Gasteiger partial charge is 0.314 e. The summed E-state index contributed by atoms with van der Waals surface area (Å²) >= 11 is 1.76. The summed E-state index contributed by atoms with van der Waals surface area (Å²) in [6.45, 7) is 7.75. The summed E-state index contributed by atoms with van der Waals surface area (Å²) in [5, 5.41) is 10.6. The van der Waals surface area contributed by atoms with Gasteiger partial charge in [0.2, 0.25) is 0 Å². The SMILES string of the molecule is Cc1csc(C(C)NC(C)CC2CCCCN2)n1. The molecule has 0 radical (unpaired) electrons. The van der Waals surface area contributed by atoms with Gasteiger partial charge in [0.15, 0.2) is 0 Å². The van der Waals surface area contributed by atoms with Gasteiger partial charge in [-0.3, -0.25) is 0 Å². The smallest absolute Gasteiger partial charge is 0.110 e.